The summed E-state index contributed by atoms with van der Waals surface area (Å²) in [6, 6.07) is 11.0. The number of hydrogen-bond donors (Lipinski definition) is 0. The van der Waals surface area contributed by atoms with Crippen LogP contribution in [0.4, 0.5) is 0 Å². The van der Waals surface area contributed by atoms with Crippen molar-refractivity contribution in [3.05, 3.63) is 59.0 Å². The minimum Gasteiger partial charge on any atom is -0.467 e. The summed E-state index contributed by atoms with van der Waals surface area (Å²) in [5, 5.41) is 6.83. The summed E-state index contributed by atoms with van der Waals surface area (Å²) in [6.45, 7) is 5.68. The number of amides is 1. The van der Waals surface area contributed by atoms with Crippen molar-refractivity contribution in [3.63, 3.8) is 0 Å². The molecular formula is C18H19ClN2O2. The number of hydrogen-bond acceptors (Lipinski definition) is 3. The fraction of sp³-hybridized carbons (Fsp3) is 0.333. The zero-order chi connectivity index (χ0) is 16.6. The summed E-state index contributed by atoms with van der Waals surface area (Å²) in [5.41, 5.74) is 1.32. The highest BCUT2D eigenvalue weighted by atomic mass is 35.5. The van der Waals surface area contributed by atoms with Crippen molar-refractivity contribution in [3.8, 4) is 0 Å². The molecule has 0 unspecified atom stereocenters. The Morgan fingerprint density at radius 2 is 1.96 bits per heavy atom. The maximum Gasteiger partial charge on any atom is 0.248 e. The van der Waals surface area contributed by atoms with Crippen LogP contribution in [0.2, 0.25) is 5.02 Å². The molecule has 1 aliphatic rings. The molecule has 1 aliphatic heterocycles. The van der Waals surface area contributed by atoms with Gasteiger partial charge in [-0.2, -0.15) is 5.10 Å². The van der Waals surface area contributed by atoms with Crippen LogP contribution < -0.4 is 0 Å². The number of furan rings is 1. The number of nitrogens with zero attached hydrogens (tertiary/aromatic N) is 2. The molecule has 4 nitrogen and oxygen atoms in total. The standard InChI is InChI=1S/C18H19ClN2O2/c1-18(2,3)17(22)21-15(16-5-4-10-23-16)11-14(20-21)12-6-8-13(19)9-7-12/h4-10,15H,11H2,1-3H3/t15-/m0/s1. The number of carbonyl (C=O) groups is 1. The van der Waals surface area contributed by atoms with Crippen LogP contribution in [0.15, 0.2) is 52.2 Å². The van der Waals surface area contributed by atoms with E-state index < -0.39 is 5.41 Å². The molecule has 1 aromatic carbocycles. The van der Waals surface area contributed by atoms with E-state index in [1.807, 2.05) is 57.2 Å². The zero-order valence-corrected chi connectivity index (χ0v) is 14.2. The number of rotatable bonds is 2. The average Bonchev–Trinajstić information content (AvgIpc) is 3.15. The van der Waals surface area contributed by atoms with E-state index in [9.17, 15) is 4.79 Å². The van der Waals surface area contributed by atoms with Crippen molar-refractivity contribution in [1.82, 2.24) is 5.01 Å². The molecule has 2 aromatic rings. The molecule has 0 spiro atoms. The third kappa shape index (κ3) is 3.17. The monoisotopic (exact) mass is 330 g/mol. The lowest BCUT2D eigenvalue weighted by Crippen LogP contribution is -2.36. The fourth-order valence-corrected chi connectivity index (χ4v) is 2.69. The predicted molar refractivity (Wildman–Crippen MR) is 90.4 cm³/mol. The van der Waals surface area contributed by atoms with Gasteiger partial charge in [0.15, 0.2) is 0 Å². The molecule has 5 heteroatoms. The summed E-state index contributed by atoms with van der Waals surface area (Å²) < 4.78 is 5.53. The molecule has 2 heterocycles. The van der Waals surface area contributed by atoms with Crippen molar-refractivity contribution in [2.24, 2.45) is 10.5 Å². The first-order chi connectivity index (χ1) is 10.9. The predicted octanol–water partition coefficient (Wildman–Crippen LogP) is 4.66. The van der Waals surface area contributed by atoms with Gasteiger partial charge in [0, 0.05) is 16.9 Å². The van der Waals surface area contributed by atoms with Crippen LogP contribution in [0.25, 0.3) is 0 Å². The molecule has 0 saturated heterocycles. The number of benzene rings is 1. The minimum atomic E-state index is -0.510. The van der Waals surface area contributed by atoms with E-state index in [2.05, 4.69) is 5.10 Å². The van der Waals surface area contributed by atoms with Crippen LogP contribution in [0.1, 0.15) is 44.6 Å². The maximum atomic E-state index is 12.8. The Balaban J connectivity index is 1.97. The SMILES string of the molecule is CC(C)(C)C(=O)N1N=C(c2ccc(Cl)cc2)C[C@H]1c1ccco1. The highest BCUT2D eigenvalue weighted by Gasteiger charge is 2.39. The number of halogens is 1. The quantitative estimate of drug-likeness (QED) is 0.804. The van der Waals surface area contributed by atoms with Crippen LogP contribution in [-0.2, 0) is 4.79 Å². The van der Waals surface area contributed by atoms with Crippen LogP contribution in [0.3, 0.4) is 0 Å². The lowest BCUT2D eigenvalue weighted by molar-refractivity contribution is -0.141. The Labute approximate surface area is 140 Å². The van der Waals surface area contributed by atoms with Gasteiger partial charge in [-0.1, -0.05) is 44.5 Å². The van der Waals surface area contributed by atoms with E-state index in [-0.39, 0.29) is 11.9 Å². The molecule has 0 saturated carbocycles. The van der Waals surface area contributed by atoms with Gasteiger partial charge in [-0.3, -0.25) is 4.79 Å². The lowest BCUT2D eigenvalue weighted by Gasteiger charge is -2.27. The molecular weight excluding hydrogens is 312 g/mol. The molecule has 3 rings (SSSR count). The number of carbonyl (C=O) groups excluding carboxylic acids is 1. The van der Waals surface area contributed by atoms with Crippen LogP contribution >= 0.6 is 11.6 Å². The van der Waals surface area contributed by atoms with Gasteiger partial charge in [-0.15, -0.1) is 0 Å². The third-order valence-corrected chi connectivity index (χ3v) is 4.06. The van der Waals surface area contributed by atoms with E-state index in [4.69, 9.17) is 16.0 Å². The van der Waals surface area contributed by atoms with Gasteiger partial charge in [0.1, 0.15) is 11.8 Å². The maximum absolute atomic E-state index is 12.8. The molecule has 120 valence electrons. The normalized spacial score (nSPS) is 18.2. The smallest absolute Gasteiger partial charge is 0.248 e. The largest absolute Gasteiger partial charge is 0.467 e. The van der Waals surface area contributed by atoms with E-state index in [1.165, 1.54) is 0 Å². The Bertz CT molecular complexity index is 727. The third-order valence-electron chi connectivity index (χ3n) is 3.81. The molecule has 1 amide bonds. The van der Waals surface area contributed by atoms with E-state index >= 15 is 0 Å². The highest BCUT2D eigenvalue weighted by molar-refractivity contribution is 6.30. The number of hydrazone groups is 1. The fourth-order valence-electron chi connectivity index (χ4n) is 2.56. The Kier molecular flexibility index (Phi) is 4.02. The second kappa shape index (κ2) is 5.85. The molecule has 23 heavy (non-hydrogen) atoms. The summed E-state index contributed by atoms with van der Waals surface area (Å²) in [4.78, 5) is 12.8. The molecule has 0 N–H and O–H groups in total. The van der Waals surface area contributed by atoms with Crippen LogP contribution in [0, 0.1) is 5.41 Å². The molecule has 0 fully saturated rings. The molecule has 0 bridgehead atoms. The first kappa shape index (κ1) is 15.8. The van der Waals surface area contributed by atoms with E-state index in [1.54, 1.807) is 11.3 Å². The zero-order valence-electron chi connectivity index (χ0n) is 13.4. The van der Waals surface area contributed by atoms with Crippen molar-refractivity contribution < 1.29 is 9.21 Å². The Hall–Kier alpha value is -2.07. The summed E-state index contributed by atoms with van der Waals surface area (Å²) in [5.74, 6) is 0.721. The van der Waals surface area contributed by atoms with Crippen molar-refractivity contribution in [2.75, 3.05) is 0 Å². The van der Waals surface area contributed by atoms with Gasteiger partial charge in [-0.25, -0.2) is 5.01 Å². The van der Waals surface area contributed by atoms with E-state index in [0.717, 1.165) is 17.0 Å². The van der Waals surface area contributed by atoms with Crippen LogP contribution in [-0.4, -0.2) is 16.6 Å². The van der Waals surface area contributed by atoms with Gasteiger partial charge in [0.25, 0.3) is 0 Å². The van der Waals surface area contributed by atoms with Crippen molar-refractivity contribution >= 4 is 23.2 Å². The lowest BCUT2D eigenvalue weighted by atomic mass is 9.94. The summed E-state index contributed by atoms with van der Waals surface area (Å²) >= 11 is 5.95. The van der Waals surface area contributed by atoms with Crippen LogP contribution in [0.5, 0.6) is 0 Å². The van der Waals surface area contributed by atoms with E-state index in [0.29, 0.717) is 11.4 Å². The molecule has 0 aliphatic carbocycles. The molecule has 1 aromatic heterocycles. The molecule has 0 radical (unpaired) electrons. The topological polar surface area (TPSA) is 45.8 Å². The second-order valence-electron chi connectivity index (χ2n) is 6.69. The van der Waals surface area contributed by atoms with Gasteiger partial charge in [0.2, 0.25) is 5.91 Å². The minimum absolute atomic E-state index is 0.0251. The van der Waals surface area contributed by atoms with Crippen molar-refractivity contribution in [2.45, 2.75) is 33.2 Å². The molecule has 1 atom stereocenters. The summed E-state index contributed by atoms with van der Waals surface area (Å²) in [6.07, 6.45) is 2.24. The summed E-state index contributed by atoms with van der Waals surface area (Å²) in [7, 11) is 0. The van der Waals surface area contributed by atoms with Gasteiger partial charge < -0.3 is 4.42 Å². The van der Waals surface area contributed by atoms with Gasteiger partial charge in [-0.05, 0) is 29.8 Å². The first-order valence-corrected chi connectivity index (χ1v) is 7.94. The highest BCUT2D eigenvalue weighted by Crippen LogP contribution is 2.36. The van der Waals surface area contributed by atoms with Crippen molar-refractivity contribution in [1.29, 1.82) is 0 Å². The first-order valence-electron chi connectivity index (χ1n) is 7.57. The Morgan fingerprint density at radius 3 is 2.52 bits per heavy atom. The Morgan fingerprint density at radius 1 is 1.26 bits per heavy atom. The second-order valence-corrected chi connectivity index (χ2v) is 7.13. The van der Waals surface area contributed by atoms with Gasteiger partial charge >= 0.3 is 0 Å². The average molecular weight is 331 g/mol. The van der Waals surface area contributed by atoms with Gasteiger partial charge in [0.05, 0.1) is 12.0 Å².